The molecule has 2 amide bonds. The number of nitrogens with zero attached hydrogens (tertiary/aromatic N) is 1. The Labute approximate surface area is 137 Å². The van der Waals surface area contributed by atoms with Gasteiger partial charge in [-0.25, -0.2) is 0 Å². The molecule has 2 atom stereocenters. The number of hydrogen-bond donors (Lipinski definition) is 2. The second-order valence-electron chi connectivity index (χ2n) is 6.10. The molecule has 126 valence electrons. The van der Waals surface area contributed by atoms with E-state index in [1.54, 1.807) is 4.90 Å². The van der Waals surface area contributed by atoms with E-state index in [1.807, 2.05) is 37.3 Å². The average Bonchev–Trinajstić information content (AvgIpc) is 3.03. The first-order chi connectivity index (χ1) is 11.1. The highest BCUT2D eigenvalue weighted by molar-refractivity contribution is 5.89. The minimum atomic E-state index is -0.515. The van der Waals surface area contributed by atoms with Gasteiger partial charge in [-0.15, -0.1) is 0 Å². The normalized spacial score (nSPS) is 18.7. The molecule has 0 radical (unpaired) electrons. The molecule has 23 heavy (non-hydrogen) atoms. The van der Waals surface area contributed by atoms with E-state index < -0.39 is 12.1 Å². The average molecular weight is 318 g/mol. The van der Waals surface area contributed by atoms with Gasteiger partial charge < -0.3 is 15.3 Å². The van der Waals surface area contributed by atoms with Crippen molar-refractivity contribution in [2.24, 2.45) is 0 Å². The number of aliphatic hydroxyl groups excluding tert-OH is 1. The van der Waals surface area contributed by atoms with Crippen LogP contribution in [0.25, 0.3) is 0 Å². The van der Waals surface area contributed by atoms with Gasteiger partial charge in [0, 0.05) is 13.1 Å². The zero-order valence-electron chi connectivity index (χ0n) is 13.7. The van der Waals surface area contributed by atoms with Gasteiger partial charge in [0.05, 0.1) is 12.5 Å². The van der Waals surface area contributed by atoms with E-state index in [9.17, 15) is 14.7 Å². The van der Waals surface area contributed by atoms with E-state index in [-0.39, 0.29) is 18.4 Å². The molecule has 2 unspecified atom stereocenters. The summed E-state index contributed by atoms with van der Waals surface area (Å²) in [7, 11) is 0. The van der Waals surface area contributed by atoms with Crippen molar-refractivity contribution in [2.75, 3.05) is 13.1 Å². The van der Waals surface area contributed by atoms with Gasteiger partial charge >= 0.3 is 0 Å². The molecule has 1 saturated heterocycles. The molecule has 1 aliphatic heterocycles. The summed E-state index contributed by atoms with van der Waals surface area (Å²) in [5, 5.41) is 12.5. The second-order valence-corrected chi connectivity index (χ2v) is 6.10. The Balaban J connectivity index is 1.88. The third-order valence-electron chi connectivity index (χ3n) is 4.21. The number of hydrogen-bond acceptors (Lipinski definition) is 3. The summed E-state index contributed by atoms with van der Waals surface area (Å²) in [5.41, 5.74) is 0.960. The molecule has 0 spiro atoms. The molecule has 0 aromatic heterocycles. The fraction of sp³-hybridized carbons (Fsp3) is 0.556. The smallest absolute Gasteiger partial charge is 0.242 e. The van der Waals surface area contributed by atoms with Crippen molar-refractivity contribution in [3.05, 3.63) is 35.9 Å². The van der Waals surface area contributed by atoms with Crippen LogP contribution in [0.15, 0.2) is 30.3 Å². The summed E-state index contributed by atoms with van der Waals surface area (Å²) >= 11 is 0. The van der Waals surface area contributed by atoms with Crippen LogP contribution in [0.4, 0.5) is 0 Å². The maximum atomic E-state index is 12.5. The predicted octanol–water partition coefficient (Wildman–Crippen LogP) is 1.50. The fourth-order valence-electron chi connectivity index (χ4n) is 2.98. The first kappa shape index (κ1) is 17.5. The molecule has 1 aliphatic rings. The van der Waals surface area contributed by atoms with Crippen molar-refractivity contribution >= 4 is 11.8 Å². The van der Waals surface area contributed by atoms with Crippen LogP contribution in [-0.4, -0.2) is 47.1 Å². The molecule has 0 saturated carbocycles. The molecule has 5 nitrogen and oxygen atoms in total. The van der Waals surface area contributed by atoms with Crippen molar-refractivity contribution < 1.29 is 14.7 Å². The topological polar surface area (TPSA) is 69.6 Å². The summed E-state index contributed by atoms with van der Waals surface area (Å²) < 4.78 is 0. The van der Waals surface area contributed by atoms with E-state index in [4.69, 9.17) is 0 Å². The third kappa shape index (κ3) is 5.06. The van der Waals surface area contributed by atoms with Crippen molar-refractivity contribution in [3.63, 3.8) is 0 Å². The van der Waals surface area contributed by atoms with E-state index in [2.05, 4.69) is 5.32 Å². The molecule has 1 heterocycles. The molecule has 5 heteroatoms. The molecule has 0 aliphatic carbocycles. The highest BCUT2D eigenvalue weighted by Gasteiger charge is 2.33. The lowest BCUT2D eigenvalue weighted by atomic mass is 10.1. The zero-order chi connectivity index (χ0) is 16.7. The van der Waals surface area contributed by atoms with Gasteiger partial charge in [-0.1, -0.05) is 43.7 Å². The van der Waals surface area contributed by atoms with Crippen molar-refractivity contribution in [2.45, 2.75) is 51.2 Å². The highest BCUT2D eigenvalue weighted by Crippen LogP contribution is 2.19. The molecular weight excluding hydrogens is 292 g/mol. The highest BCUT2D eigenvalue weighted by atomic mass is 16.3. The van der Waals surface area contributed by atoms with Gasteiger partial charge in [0.2, 0.25) is 11.8 Å². The molecule has 0 bridgehead atoms. The lowest BCUT2D eigenvalue weighted by Gasteiger charge is -2.24. The van der Waals surface area contributed by atoms with Gasteiger partial charge in [0.1, 0.15) is 6.04 Å². The number of carbonyl (C=O) groups is 2. The number of amides is 2. The molecule has 1 aromatic rings. The van der Waals surface area contributed by atoms with Gasteiger partial charge in [-0.3, -0.25) is 9.59 Å². The molecule has 1 aromatic carbocycles. The molecule has 2 rings (SSSR count). The zero-order valence-corrected chi connectivity index (χ0v) is 13.7. The van der Waals surface area contributed by atoms with Crippen molar-refractivity contribution in [3.8, 4) is 0 Å². The van der Waals surface area contributed by atoms with Crippen LogP contribution in [0.3, 0.4) is 0 Å². The number of rotatable bonds is 7. The minimum absolute atomic E-state index is 0.0112. The first-order valence-corrected chi connectivity index (χ1v) is 8.41. The first-order valence-electron chi connectivity index (χ1n) is 8.41. The fourth-order valence-corrected chi connectivity index (χ4v) is 2.98. The summed E-state index contributed by atoms with van der Waals surface area (Å²) in [4.78, 5) is 26.4. The Morgan fingerprint density at radius 2 is 2.09 bits per heavy atom. The van der Waals surface area contributed by atoms with Gasteiger partial charge in [-0.2, -0.15) is 0 Å². The summed E-state index contributed by atoms with van der Waals surface area (Å²) in [6.45, 7) is 2.87. The number of likely N-dealkylation sites (tertiary alicyclic amines) is 1. The van der Waals surface area contributed by atoms with Crippen molar-refractivity contribution in [1.82, 2.24) is 10.2 Å². The Hall–Kier alpha value is -1.88. The number of nitrogens with one attached hydrogen (secondary N) is 1. The van der Waals surface area contributed by atoms with Gasteiger partial charge in [0.25, 0.3) is 0 Å². The van der Waals surface area contributed by atoms with Gasteiger partial charge in [0.15, 0.2) is 0 Å². The maximum absolute atomic E-state index is 12.5. The van der Waals surface area contributed by atoms with Crippen LogP contribution < -0.4 is 5.32 Å². The molecular formula is C18H26N2O3. The Morgan fingerprint density at radius 3 is 2.78 bits per heavy atom. The van der Waals surface area contributed by atoms with E-state index in [0.29, 0.717) is 25.8 Å². The summed E-state index contributed by atoms with van der Waals surface area (Å²) in [5.74, 6) is -0.165. The van der Waals surface area contributed by atoms with Gasteiger partial charge in [-0.05, 0) is 24.8 Å². The summed E-state index contributed by atoms with van der Waals surface area (Å²) in [6.07, 6.45) is 2.89. The standard InChI is InChI=1S/C18H26N2O3/c1-2-7-15(21)13-19-18(23)16-10-6-11-20(16)17(22)12-14-8-4-3-5-9-14/h3-5,8-9,15-16,21H,2,6-7,10-13H2,1H3,(H,19,23). The van der Waals surface area contributed by atoms with E-state index in [1.165, 1.54) is 0 Å². The van der Waals surface area contributed by atoms with Crippen LogP contribution in [0, 0.1) is 0 Å². The SMILES string of the molecule is CCCC(O)CNC(=O)C1CCCN1C(=O)Cc1ccccc1. The van der Waals surface area contributed by atoms with Crippen molar-refractivity contribution in [1.29, 1.82) is 0 Å². The van der Waals surface area contributed by atoms with E-state index in [0.717, 1.165) is 18.4 Å². The number of aliphatic hydroxyl groups is 1. The monoisotopic (exact) mass is 318 g/mol. The second kappa shape index (κ2) is 8.67. The predicted molar refractivity (Wildman–Crippen MR) is 88.8 cm³/mol. The lowest BCUT2D eigenvalue weighted by molar-refractivity contribution is -0.138. The van der Waals surface area contributed by atoms with Crippen LogP contribution in [-0.2, 0) is 16.0 Å². The Kier molecular flexibility index (Phi) is 6.59. The lowest BCUT2D eigenvalue weighted by Crippen LogP contribution is -2.47. The van der Waals surface area contributed by atoms with Crippen LogP contribution in [0.5, 0.6) is 0 Å². The number of carbonyl (C=O) groups excluding carboxylic acids is 2. The molecule has 2 N–H and O–H groups in total. The van der Waals surface area contributed by atoms with Crippen LogP contribution in [0.1, 0.15) is 38.2 Å². The minimum Gasteiger partial charge on any atom is -0.391 e. The van der Waals surface area contributed by atoms with Crippen LogP contribution >= 0.6 is 0 Å². The number of benzene rings is 1. The summed E-state index contributed by atoms with van der Waals surface area (Å²) in [6, 6.07) is 9.17. The maximum Gasteiger partial charge on any atom is 0.242 e. The van der Waals surface area contributed by atoms with E-state index >= 15 is 0 Å². The largest absolute Gasteiger partial charge is 0.391 e. The third-order valence-corrected chi connectivity index (χ3v) is 4.21. The quantitative estimate of drug-likeness (QED) is 0.800. The molecule has 1 fully saturated rings. The Morgan fingerprint density at radius 1 is 1.35 bits per heavy atom. The van der Waals surface area contributed by atoms with Crippen LogP contribution in [0.2, 0.25) is 0 Å². The Bertz CT molecular complexity index is 518.